The van der Waals surface area contributed by atoms with E-state index in [1.807, 2.05) is 12.1 Å². The number of alkyl halides is 3. The van der Waals surface area contributed by atoms with Gasteiger partial charge in [-0.05, 0) is 25.5 Å². The summed E-state index contributed by atoms with van der Waals surface area (Å²) in [6.07, 6.45) is -4.16. The van der Waals surface area contributed by atoms with Gasteiger partial charge in [-0.2, -0.15) is 13.2 Å². The lowest BCUT2D eigenvalue weighted by molar-refractivity contribution is -0.173. The standard InChI is InChI=1S/C23H32BrF3N2O8/c24-20-6-2-1-5-19(20)21(37-12-4-8-29-22(32)23(25,26)27)36-11-3-7-28-17-34-16-18(35-14-10-31)15-33-13-9-30/h1-2,5-6,9-10,18,21,28H,3-4,7-8,11-17H2,(H,29,32). The molecule has 2 N–H and O–H groups in total. The Balaban J connectivity index is 2.33. The van der Waals surface area contributed by atoms with E-state index in [4.69, 9.17) is 23.7 Å². The van der Waals surface area contributed by atoms with Crippen LogP contribution in [0.5, 0.6) is 0 Å². The predicted molar refractivity (Wildman–Crippen MR) is 129 cm³/mol. The van der Waals surface area contributed by atoms with E-state index < -0.39 is 24.5 Å². The zero-order valence-corrected chi connectivity index (χ0v) is 21.8. The lowest BCUT2D eigenvalue weighted by Gasteiger charge is -2.20. The fourth-order valence-corrected chi connectivity index (χ4v) is 3.22. The molecule has 0 aliphatic heterocycles. The molecule has 2 atom stereocenters. The van der Waals surface area contributed by atoms with Crippen molar-refractivity contribution in [2.75, 3.05) is 59.5 Å². The van der Waals surface area contributed by atoms with Gasteiger partial charge in [-0.3, -0.25) is 10.1 Å². The topological polar surface area (TPSA) is 121 Å². The first-order chi connectivity index (χ1) is 17.8. The number of carbonyl (C=O) groups is 3. The van der Waals surface area contributed by atoms with Gasteiger partial charge in [0.1, 0.15) is 31.9 Å². The van der Waals surface area contributed by atoms with Gasteiger partial charge >= 0.3 is 12.1 Å². The number of rotatable bonds is 22. The van der Waals surface area contributed by atoms with Crippen LogP contribution in [0.2, 0.25) is 0 Å². The Morgan fingerprint density at radius 3 is 2.24 bits per heavy atom. The molecule has 1 aromatic rings. The van der Waals surface area contributed by atoms with E-state index in [-0.39, 0.29) is 52.7 Å². The normalized spacial score (nSPS) is 13.2. The molecule has 0 bridgehead atoms. The maximum atomic E-state index is 12.2. The van der Waals surface area contributed by atoms with Gasteiger partial charge in [0.05, 0.1) is 33.2 Å². The Bertz CT molecular complexity index is 789. The molecule has 0 fully saturated rings. The first-order valence-electron chi connectivity index (χ1n) is 11.5. The number of aldehydes is 2. The van der Waals surface area contributed by atoms with Crippen LogP contribution in [0.1, 0.15) is 24.7 Å². The van der Waals surface area contributed by atoms with Crippen LogP contribution in [0.15, 0.2) is 28.7 Å². The van der Waals surface area contributed by atoms with Gasteiger partial charge in [0.2, 0.25) is 0 Å². The van der Waals surface area contributed by atoms with E-state index in [0.717, 1.165) is 10.0 Å². The van der Waals surface area contributed by atoms with Crippen molar-refractivity contribution < 1.29 is 51.2 Å². The van der Waals surface area contributed by atoms with Gasteiger partial charge in [0, 0.05) is 16.6 Å². The smallest absolute Gasteiger partial charge is 0.371 e. The van der Waals surface area contributed by atoms with E-state index in [1.165, 1.54) is 0 Å². The Kier molecular flexibility index (Phi) is 18.0. The van der Waals surface area contributed by atoms with Crippen molar-refractivity contribution in [2.24, 2.45) is 0 Å². The number of carbonyl (C=O) groups excluding carboxylic acids is 3. The summed E-state index contributed by atoms with van der Waals surface area (Å²) in [6.45, 7) is 1.06. The fraction of sp³-hybridized carbons (Fsp3) is 0.609. The Morgan fingerprint density at radius 2 is 1.59 bits per heavy atom. The molecule has 2 unspecified atom stereocenters. The molecule has 0 aromatic heterocycles. The minimum Gasteiger partial charge on any atom is -0.371 e. The van der Waals surface area contributed by atoms with Crippen LogP contribution in [0.25, 0.3) is 0 Å². The van der Waals surface area contributed by atoms with Gasteiger partial charge in [0.15, 0.2) is 6.29 Å². The minimum atomic E-state index is -4.92. The van der Waals surface area contributed by atoms with Crippen molar-refractivity contribution in [2.45, 2.75) is 31.4 Å². The molecule has 37 heavy (non-hydrogen) atoms. The predicted octanol–water partition coefficient (Wildman–Crippen LogP) is 2.30. The number of amides is 1. The van der Waals surface area contributed by atoms with Crippen LogP contribution in [0.3, 0.4) is 0 Å². The van der Waals surface area contributed by atoms with Crippen molar-refractivity contribution in [3.8, 4) is 0 Å². The summed E-state index contributed by atoms with van der Waals surface area (Å²) in [7, 11) is 0. The van der Waals surface area contributed by atoms with Crippen LogP contribution in [-0.4, -0.2) is 90.2 Å². The molecule has 0 aliphatic carbocycles. The van der Waals surface area contributed by atoms with E-state index in [2.05, 4.69) is 21.2 Å². The molecule has 0 spiro atoms. The highest BCUT2D eigenvalue weighted by molar-refractivity contribution is 9.10. The molecular formula is C23H32BrF3N2O8. The molecule has 1 rings (SSSR count). The average molecular weight is 601 g/mol. The maximum absolute atomic E-state index is 12.2. The lowest BCUT2D eigenvalue weighted by Crippen LogP contribution is -2.37. The summed E-state index contributed by atoms with van der Waals surface area (Å²) in [5.74, 6) is -1.99. The third kappa shape index (κ3) is 15.8. The summed E-state index contributed by atoms with van der Waals surface area (Å²) < 4.78 is 64.8. The summed E-state index contributed by atoms with van der Waals surface area (Å²) in [6, 6.07) is 7.24. The van der Waals surface area contributed by atoms with Gasteiger partial charge < -0.3 is 38.6 Å². The number of hydrogen-bond acceptors (Lipinski definition) is 9. The van der Waals surface area contributed by atoms with Crippen LogP contribution < -0.4 is 10.6 Å². The van der Waals surface area contributed by atoms with Gasteiger partial charge in [0.25, 0.3) is 0 Å². The van der Waals surface area contributed by atoms with Crippen molar-refractivity contribution >= 4 is 34.4 Å². The molecule has 14 heteroatoms. The molecule has 1 aromatic carbocycles. The Hall–Kier alpha value is -1.94. The molecule has 1 amide bonds. The highest BCUT2D eigenvalue weighted by Gasteiger charge is 2.38. The van der Waals surface area contributed by atoms with E-state index in [0.29, 0.717) is 32.1 Å². The number of benzene rings is 1. The van der Waals surface area contributed by atoms with E-state index in [9.17, 15) is 27.6 Å². The molecule has 10 nitrogen and oxygen atoms in total. The highest BCUT2D eigenvalue weighted by atomic mass is 79.9. The average Bonchev–Trinajstić information content (AvgIpc) is 2.86. The molecule has 210 valence electrons. The third-order valence-corrected chi connectivity index (χ3v) is 5.18. The second-order valence-electron chi connectivity index (χ2n) is 7.40. The largest absolute Gasteiger partial charge is 0.471 e. The van der Waals surface area contributed by atoms with E-state index in [1.54, 1.807) is 17.4 Å². The monoisotopic (exact) mass is 600 g/mol. The second kappa shape index (κ2) is 20.1. The number of ether oxygens (including phenoxy) is 5. The number of halogens is 4. The summed E-state index contributed by atoms with van der Waals surface area (Å²) >= 11 is 3.43. The van der Waals surface area contributed by atoms with Crippen LogP contribution in [0, 0.1) is 0 Å². The maximum Gasteiger partial charge on any atom is 0.471 e. The van der Waals surface area contributed by atoms with Crippen molar-refractivity contribution in [1.29, 1.82) is 0 Å². The number of nitrogens with one attached hydrogen (secondary N) is 2. The molecule has 0 heterocycles. The zero-order valence-electron chi connectivity index (χ0n) is 20.2. The van der Waals surface area contributed by atoms with Crippen molar-refractivity contribution in [3.63, 3.8) is 0 Å². The Labute approximate surface area is 221 Å². The molecule has 0 aliphatic rings. The molecule has 0 radical (unpaired) electrons. The first-order valence-corrected chi connectivity index (χ1v) is 12.3. The molecule has 0 saturated carbocycles. The third-order valence-electron chi connectivity index (χ3n) is 4.46. The second-order valence-corrected chi connectivity index (χ2v) is 8.25. The van der Waals surface area contributed by atoms with Crippen molar-refractivity contribution in [1.82, 2.24) is 10.6 Å². The summed E-state index contributed by atoms with van der Waals surface area (Å²) in [5.41, 5.74) is 0.719. The van der Waals surface area contributed by atoms with Crippen molar-refractivity contribution in [3.05, 3.63) is 34.3 Å². The SMILES string of the molecule is O=CCOCC(COCNCCCOC(OCCCNC(=O)C(F)(F)F)c1ccccc1Br)OCC=O. The summed E-state index contributed by atoms with van der Waals surface area (Å²) in [4.78, 5) is 31.7. The minimum absolute atomic E-state index is 0.0696. The van der Waals surface area contributed by atoms with Gasteiger partial charge in [-0.25, -0.2) is 0 Å². The van der Waals surface area contributed by atoms with Gasteiger partial charge in [-0.1, -0.05) is 34.1 Å². The zero-order chi connectivity index (χ0) is 27.4. The van der Waals surface area contributed by atoms with E-state index >= 15 is 0 Å². The fourth-order valence-electron chi connectivity index (χ4n) is 2.75. The van der Waals surface area contributed by atoms with Crippen LogP contribution >= 0.6 is 15.9 Å². The first kappa shape index (κ1) is 33.1. The lowest BCUT2D eigenvalue weighted by atomic mass is 10.2. The van der Waals surface area contributed by atoms with Gasteiger partial charge in [-0.15, -0.1) is 0 Å². The Morgan fingerprint density at radius 1 is 0.946 bits per heavy atom. The quantitative estimate of drug-likeness (QED) is 0.117. The highest BCUT2D eigenvalue weighted by Crippen LogP contribution is 2.27. The van der Waals surface area contributed by atoms with Crippen LogP contribution in [0.4, 0.5) is 13.2 Å². The number of hydrogen-bond donors (Lipinski definition) is 2. The van der Waals surface area contributed by atoms with Crippen LogP contribution in [-0.2, 0) is 38.1 Å². The molecule has 0 saturated heterocycles. The molecular weight excluding hydrogens is 569 g/mol. The summed E-state index contributed by atoms with van der Waals surface area (Å²) in [5, 5.41) is 4.86.